The highest BCUT2D eigenvalue weighted by atomic mass is 19.1. The maximum atomic E-state index is 12.9. The minimum absolute atomic E-state index is 0.137. The Hall–Kier alpha value is -3.41. The first-order valence-electron chi connectivity index (χ1n) is 8.50. The normalized spacial score (nSPS) is 11.6. The molecule has 2 amide bonds. The Bertz CT molecular complexity index is 957. The topological polar surface area (TPSA) is 67.4 Å². The highest BCUT2D eigenvalue weighted by Gasteiger charge is 2.15. The summed E-state index contributed by atoms with van der Waals surface area (Å²) in [7, 11) is 0. The Morgan fingerprint density at radius 3 is 2.41 bits per heavy atom. The number of benzene rings is 3. The van der Waals surface area contributed by atoms with Crippen molar-refractivity contribution in [2.75, 3.05) is 0 Å². The van der Waals surface area contributed by atoms with Gasteiger partial charge >= 0.3 is 0 Å². The van der Waals surface area contributed by atoms with Gasteiger partial charge in [-0.2, -0.15) is 0 Å². The molecule has 3 rings (SSSR count). The first-order valence-corrected chi connectivity index (χ1v) is 8.50. The Labute approximate surface area is 156 Å². The van der Waals surface area contributed by atoms with Crippen LogP contribution in [0.1, 0.15) is 12.5 Å². The third-order valence-corrected chi connectivity index (χ3v) is 4.00. The van der Waals surface area contributed by atoms with Crippen molar-refractivity contribution in [1.82, 2.24) is 10.9 Å². The summed E-state index contributed by atoms with van der Waals surface area (Å²) in [5, 5.41) is 2.15. The van der Waals surface area contributed by atoms with Gasteiger partial charge in [0.25, 0.3) is 5.91 Å². The molecule has 27 heavy (non-hydrogen) atoms. The van der Waals surface area contributed by atoms with Gasteiger partial charge in [0.1, 0.15) is 11.6 Å². The lowest BCUT2D eigenvalue weighted by Gasteiger charge is -2.15. The molecule has 5 nitrogen and oxygen atoms in total. The summed E-state index contributed by atoms with van der Waals surface area (Å²) < 4.78 is 18.3. The van der Waals surface area contributed by atoms with E-state index in [-0.39, 0.29) is 18.1 Å². The summed E-state index contributed by atoms with van der Waals surface area (Å²) in [6.45, 7) is 1.54. The first-order chi connectivity index (χ1) is 13.0. The van der Waals surface area contributed by atoms with Crippen molar-refractivity contribution in [2.45, 2.75) is 19.4 Å². The second-order valence-electron chi connectivity index (χ2n) is 6.11. The van der Waals surface area contributed by atoms with Crippen LogP contribution in [0.5, 0.6) is 5.75 Å². The van der Waals surface area contributed by atoms with Gasteiger partial charge in [0.15, 0.2) is 6.10 Å². The van der Waals surface area contributed by atoms with E-state index in [0.717, 1.165) is 16.3 Å². The van der Waals surface area contributed by atoms with Crippen molar-refractivity contribution in [1.29, 1.82) is 0 Å². The van der Waals surface area contributed by atoms with Crippen LogP contribution in [0.25, 0.3) is 10.8 Å². The summed E-state index contributed by atoms with van der Waals surface area (Å²) >= 11 is 0. The second kappa shape index (κ2) is 8.31. The van der Waals surface area contributed by atoms with Gasteiger partial charge in [-0.25, -0.2) is 4.39 Å². The fourth-order valence-electron chi connectivity index (χ4n) is 2.58. The number of carbonyl (C=O) groups excluding carboxylic acids is 2. The van der Waals surface area contributed by atoms with Crippen molar-refractivity contribution >= 4 is 22.6 Å². The summed E-state index contributed by atoms with van der Waals surface area (Å²) in [5.41, 5.74) is 5.55. The molecule has 0 aliphatic heterocycles. The highest BCUT2D eigenvalue weighted by molar-refractivity contribution is 5.87. The van der Waals surface area contributed by atoms with Gasteiger partial charge in [-0.05, 0) is 47.5 Å². The van der Waals surface area contributed by atoms with Crippen LogP contribution in [-0.4, -0.2) is 17.9 Å². The Morgan fingerprint density at radius 2 is 1.67 bits per heavy atom. The van der Waals surface area contributed by atoms with Gasteiger partial charge in [-0.15, -0.1) is 0 Å². The van der Waals surface area contributed by atoms with E-state index >= 15 is 0 Å². The molecule has 0 saturated heterocycles. The SMILES string of the molecule is CC(Oc1ccc(F)cc1)C(=O)NNC(=O)Cc1ccc2ccccc2c1. The van der Waals surface area contributed by atoms with E-state index in [1.54, 1.807) is 0 Å². The standard InChI is InChI=1S/C21H19FN2O3/c1-14(27-19-10-8-18(22)9-11-19)21(26)24-23-20(25)13-15-6-7-16-4-2-3-5-17(16)12-15/h2-12,14H,13H2,1H3,(H,23,25)(H,24,26). The van der Waals surface area contributed by atoms with Crippen molar-refractivity contribution < 1.29 is 18.7 Å². The number of halogens is 1. The van der Waals surface area contributed by atoms with E-state index in [4.69, 9.17) is 4.74 Å². The molecule has 0 fully saturated rings. The van der Waals surface area contributed by atoms with E-state index in [1.165, 1.54) is 31.2 Å². The van der Waals surface area contributed by atoms with Crippen LogP contribution in [0, 0.1) is 5.82 Å². The zero-order valence-electron chi connectivity index (χ0n) is 14.7. The van der Waals surface area contributed by atoms with E-state index in [1.807, 2.05) is 42.5 Å². The summed E-state index contributed by atoms with van der Waals surface area (Å²) in [6, 6.07) is 19.0. The van der Waals surface area contributed by atoms with Gasteiger partial charge in [-0.1, -0.05) is 42.5 Å². The number of ether oxygens (including phenoxy) is 1. The van der Waals surface area contributed by atoms with Crippen LogP contribution in [0.4, 0.5) is 4.39 Å². The molecule has 0 heterocycles. The van der Waals surface area contributed by atoms with Crippen molar-refractivity contribution in [3.05, 3.63) is 78.1 Å². The molecule has 0 aliphatic rings. The number of fused-ring (bicyclic) bond motifs is 1. The Kier molecular flexibility index (Phi) is 5.66. The molecule has 0 aromatic heterocycles. The summed E-state index contributed by atoms with van der Waals surface area (Å²) in [6.07, 6.45) is -0.713. The first kappa shape index (κ1) is 18.4. The lowest BCUT2D eigenvalue weighted by atomic mass is 10.1. The Balaban J connectivity index is 1.50. The zero-order chi connectivity index (χ0) is 19.2. The quantitative estimate of drug-likeness (QED) is 0.682. The molecule has 3 aromatic carbocycles. The molecule has 2 N–H and O–H groups in total. The van der Waals surface area contributed by atoms with Crippen LogP contribution in [0.3, 0.4) is 0 Å². The summed E-state index contributed by atoms with van der Waals surface area (Å²) in [4.78, 5) is 24.1. The van der Waals surface area contributed by atoms with Gasteiger partial charge in [0.2, 0.25) is 5.91 Å². The third kappa shape index (κ3) is 5.04. The molecule has 138 valence electrons. The molecular formula is C21H19FN2O3. The number of hydrazine groups is 1. The molecule has 3 aromatic rings. The van der Waals surface area contributed by atoms with Crippen molar-refractivity contribution in [3.8, 4) is 5.75 Å². The fraction of sp³-hybridized carbons (Fsp3) is 0.143. The molecule has 0 aliphatic carbocycles. The average molecular weight is 366 g/mol. The number of nitrogens with one attached hydrogen (secondary N) is 2. The molecule has 1 atom stereocenters. The molecular weight excluding hydrogens is 347 g/mol. The minimum atomic E-state index is -0.851. The Morgan fingerprint density at radius 1 is 0.963 bits per heavy atom. The number of carbonyl (C=O) groups is 2. The average Bonchev–Trinajstić information content (AvgIpc) is 2.67. The molecule has 0 saturated carbocycles. The van der Waals surface area contributed by atoms with E-state index in [2.05, 4.69) is 10.9 Å². The van der Waals surface area contributed by atoms with Crippen LogP contribution >= 0.6 is 0 Å². The van der Waals surface area contributed by atoms with Gasteiger partial charge in [-0.3, -0.25) is 20.4 Å². The second-order valence-corrected chi connectivity index (χ2v) is 6.11. The maximum Gasteiger partial charge on any atom is 0.279 e. The molecule has 0 spiro atoms. The van der Waals surface area contributed by atoms with E-state index < -0.39 is 12.0 Å². The summed E-state index contributed by atoms with van der Waals surface area (Å²) in [5.74, 6) is -0.874. The predicted molar refractivity (Wildman–Crippen MR) is 100 cm³/mol. The van der Waals surface area contributed by atoms with Gasteiger partial charge in [0, 0.05) is 0 Å². The minimum Gasteiger partial charge on any atom is -0.481 e. The van der Waals surface area contributed by atoms with Gasteiger partial charge < -0.3 is 4.74 Å². The van der Waals surface area contributed by atoms with Crippen LogP contribution in [0.2, 0.25) is 0 Å². The molecule has 0 bridgehead atoms. The predicted octanol–water partition coefficient (Wildman–Crippen LogP) is 3.14. The van der Waals surface area contributed by atoms with E-state index in [0.29, 0.717) is 5.75 Å². The maximum absolute atomic E-state index is 12.9. The number of hydrogen-bond acceptors (Lipinski definition) is 3. The van der Waals surface area contributed by atoms with Crippen LogP contribution in [0.15, 0.2) is 66.7 Å². The zero-order valence-corrected chi connectivity index (χ0v) is 14.7. The largest absolute Gasteiger partial charge is 0.481 e. The lowest BCUT2D eigenvalue weighted by Crippen LogP contribution is -2.47. The van der Waals surface area contributed by atoms with Crippen molar-refractivity contribution in [2.24, 2.45) is 0 Å². The molecule has 6 heteroatoms. The third-order valence-electron chi connectivity index (χ3n) is 4.00. The smallest absolute Gasteiger partial charge is 0.279 e. The fourth-order valence-corrected chi connectivity index (χ4v) is 2.58. The monoisotopic (exact) mass is 366 g/mol. The number of hydrogen-bond donors (Lipinski definition) is 2. The molecule has 1 unspecified atom stereocenters. The van der Waals surface area contributed by atoms with Crippen LogP contribution in [-0.2, 0) is 16.0 Å². The van der Waals surface area contributed by atoms with Crippen LogP contribution < -0.4 is 15.6 Å². The highest BCUT2D eigenvalue weighted by Crippen LogP contribution is 2.16. The molecule has 0 radical (unpaired) electrons. The number of amides is 2. The van der Waals surface area contributed by atoms with Gasteiger partial charge in [0.05, 0.1) is 6.42 Å². The lowest BCUT2D eigenvalue weighted by molar-refractivity contribution is -0.132. The number of rotatable bonds is 5. The van der Waals surface area contributed by atoms with E-state index in [9.17, 15) is 14.0 Å². The van der Waals surface area contributed by atoms with Crippen molar-refractivity contribution in [3.63, 3.8) is 0 Å².